The van der Waals surface area contributed by atoms with Gasteiger partial charge in [-0.2, -0.15) is 0 Å². The summed E-state index contributed by atoms with van der Waals surface area (Å²) >= 11 is 11.6. The predicted octanol–water partition coefficient (Wildman–Crippen LogP) is 3.65. The summed E-state index contributed by atoms with van der Waals surface area (Å²) in [6, 6.07) is 12.4. The van der Waals surface area contributed by atoms with Crippen LogP contribution in [0, 0.1) is 0 Å². The molecule has 6 heteroatoms. The molecule has 0 aliphatic rings. The van der Waals surface area contributed by atoms with Gasteiger partial charge in [-0.3, -0.25) is 4.79 Å². The molecule has 2 aromatic carbocycles. The van der Waals surface area contributed by atoms with E-state index in [1.54, 1.807) is 30.3 Å². The molecule has 0 aromatic heterocycles. The fourth-order valence-electron chi connectivity index (χ4n) is 1.67. The molecule has 0 saturated heterocycles. The Kier molecular flexibility index (Phi) is 4.48. The number of sulfone groups is 1. The van der Waals surface area contributed by atoms with Crippen molar-refractivity contribution in [1.82, 2.24) is 0 Å². The quantitative estimate of drug-likeness (QED) is 0.805. The van der Waals surface area contributed by atoms with Crippen molar-refractivity contribution in [3.63, 3.8) is 0 Å². The van der Waals surface area contributed by atoms with Crippen LogP contribution in [-0.2, 0) is 9.84 Å². The summed E-state index contributed by atoms with van der Waals surface area (Å²) in [5, 5.41) is 0.301. The molecule has 0 N–H and O–H groups in total. The van der Waals surface area contributed by atoms with Crippen LogP contribution in [0.5, 0.6) is 0 Å². The molecule has 0 aliphatic carbocycles. The fourth-order valence-corrected chi connectivity index (χ4v) is 3.72. The summed E-state index contributed by atoms with van der Waals surface area (Å²) < 4.78 is 24.5. The van der Waals surface area contributed by atoms with Gasteiger partial charge in [-0.05, 0) is 18.2 Å². The average Bonchev–Trinajstić information content (AvgIpc) is 2.42. The Morgan fingerprint density at radius 3 is 2.30 bits per heavy atom. The molecule has 0 atom stereocenters. The number of hydrogen-bond acceptors (Lipinski definition) is 3. The predicted molar refractivity (Wildman–Crippen MR) is 79.3 cm³/mol. The van der Waals surface area contributed by atoms with E-state index in [1.807, 2.05) is 0 Å². The van der Waals surface area contributed by atoms with Gasteiger partial charge in [-0.1, -0.05) is 53.5 Å². The van der Waals surface area contributed by atoms with Crippen LogP contribution >= 0.6 is 23.2 Å². The van der Waals surface area contributed by atoms with Gasteiger partial charge in [-0.25, -0.2) is 8.42 Å². The number of hydrogen-bond donors (Lipinski definition) is 0. The van der Waals surface area contributed by atoms with Gasteiger partial charge < -0.3 is 0 Å². The van der Waals surface area contributed by atoms with Crippen LogP contribution < -0.4 is 0 Å². The number of carbonyl (C=O) groups excluding carboxylic acids is 1. The van der Waals surface area contributed by atoms with Crippen LogP contribution in [-0.4, -0.2) is 20.0 Å². The minimum atomic E-state index is -3.83. The van der Waals surface area contributed by atoms with Crippen molar-refractivity contribution < 1.29 is 13.2 Å². The number of halogens is 2. The molecular weight excluding hydrogens is 319 g/mol. The van der Waals surface area contributed by atoms with Gasteiger partial charge in [0.1, 0.15) is 5.75 Å². The second-order valence-electron chi connectivity index (χ2n) is 4.12. The third kappa shape index (κ3) is 3.39. The number of ketones is 1. The molecule has 0 aliphatic heterocycles. The van der Waals surface area contributed by atoms with E-state index in [0.717, 1.165) is 0 Å². The maximum Gasteiger partial charge on any atom is 0.187 e. The second-order valence-corrected chi connectivity index (χ2v) is 6.92. The van der Waals surface area contributed by atoms with E-state index in [9.17, 15) is 13.2 Å². The smallest absolute Gasteiger partial charge is 0.187 e. The lowest BCUT2D eigenvalue weighted by molar-refractivity contribution is 0.102. The normalized spacial score (nSPS) is 11.3. The van der Waals surface area contributed by atoms with Crippen molar-refractivity contribution in [3.05, 3.63) is 64.1 Å². The summed E-state index contributed by atoms with van der Waals surface area (Å²) in [6.45, 7) is 0. The number of carbonyl (C=O) groups is 1. The van der Waals surface area contributed by atoms with Gasteiger partial charge in [0.2, 0.25) is 0 Å². The number of Topliss-reactive ketones (excluding diaryl/α,β-unsaturated/α-hetero) is 1. The van der Waals surface area contributed by atoms with E-state index in [0.29, 0.717) is 5.56 Å². The van der Waals surface area contributed by atoms with Gasteiger partial charge in [0.05, 0.1) is 9.92 Å². The molecule has 20 heavy (non-hydrogen) atoms. The Morgan fingerprint density at radius 2 is 1.65 bits per heavy atom. The first-order valence-electron chi connectivity index (χ1n) is 5.66. The zero-order chi connectivity index (χ0) is 14.8. The van der Waals surface area contributed by atoms with Crippen molar-refractivity contribution in [1.29, 1.82) is 0 Å². The first-order chi connectivity index (χ1) is 9.40. The minimum Gasteiger partial charge on any atom is -0.293 e. The lowest BCUT2D eigenvalue weighted by Crippen LogP contribution is -2.16. The molecule has 0 bridgehead atoms. The van der Waals surface area contributed by atoms with E-state index in [4.69, 9.17) is 23.2 Å². The molecule has 0 radical (unpaired) electrons. The van der Waals surface area contributed by atoms with E-state index < -0.39 is 21.4 Å². The maximum atomic E-state index is 12.2. The Hall–Kier alpha value is -1.36. The third-order valence-corrected chi connectivity index (χ3v) is 4.97. The molecular formula is C14H10Cl2O3S. The topological polar surface area (TPSA) is 51.2 Å². The molecule has 0 saturated carbocycles. The van der Waals surface area contributed by atoms with Gasteiger partial charge in [0, 0.05) is 10.6 Å². The van der Waals surface area contributed by atoms with Gasteiger partial charge in [0.25, 0.3) is 0 Å². The minimum absolute atomic E-state index is 0.0512. The number of rotatable bonds is 4. The van der Waals surface area contributed by atoms with Crippen molar-refractivity contribution in [3.8, 4) is 0 Å². The van der Waals surface area contributed by atoms with Crippen LogP contribution in [0.25, 0.3) is 0 Å². The molecule has 3 nitrogen and oxygen atoms in total. The first-order valence-corrected chi connectivity index (χ1v) is 8.07. The summed E-state index contributed by atoms with van der Waals surface area (Å²) in [5.74, 6) is -1.13. The van der Waals surface area contributed by atoms with Crippen LogP contribution in [0.3, 0.4) is 0 Å². The largest absolute Gasteiger partial charge is 0.293 e. The average molecular weight is 329 g/mol. The molecule has 0 amide bonds. The lowest BCUT2D eigenvalue weighted by Gasteiger charge is -2.06. The molecule has 2 aromatic rings. The van der Waals surface area contributed by atoms with E-state index in [2.05, 4.69) is 0 Å². The molecule has 0 spiro atoms. The Labute approximate surface area is 127 Å². The van der Waals surface area contributed by atoms with Crippen LogP contribution in [0.15, 0.2) is 53.4 Å². The SMILES string of the molecule is O=C(CS(=O)(=O)c1cc(Cl)ccc1Cl)c1ccccc1. The molecule has 0 fully saturated rings. The van der Waals surface area contributed by atoms with Crippen LogP contribution in [0.1, 0.15) is 10.4 Å². The van der Waals surface area contributed by atoms with Gasteiger partial charge in [0.15, 0.2) is 15.6 Å². The summed E-state index contributed by atoms with van der Waals surface area (Å²) in [4.78, 5) is 11.8. The van der Waals surface area contributed by atoms with Gasteiger partial charge >= 0.3 is 0 Å². The van der Waals surface area contributed by atoms with Crippen LogP contribution in [0.4, 0.5) is 0 Å². The highest BCUT2D eigenvalue weighted by molar-refractivity contribution is 7.92. The highest BCUT2D eigenvalue weighted by Crippen LogP contribution is 2.26. The monoisotopic (exact) mass is 328 g/mol. The highest BCUT2D eigenvalue weighted by Gasteiger charge is 2.23. The summed E-state index contributed by atoms with van der Waals surface area (Å²) in [7, 11) is -3.83. The van der Waals surface area contributed by atoms with Gasteiger partial charge in [-0.15, -0.1) is 0 Å². The zero-order valence-electron chi connectivity index (χ0n) is 10.2. The molecule has 2 rings (SSSR count). The first kappa shape index (κ1) is 15.0. The van der Waals surface area contributed by atoms with Crippen molar-refractivity contribution >= 4 is 38.8 Å². The van der Waals surface area contributed by atoms with E-state index in [-0.39, 0.29) is 14.9 Å². The van der Waals surface area contributed by atoms with E-state index in [1.165, 1.54) is 18.2 Å². The Bertz CT molecular complexity index is 740. The fraction of sp³-hybridized carbons (Fsp3) is 0.0714. The zero-order valence-corrected chi connectivity index (χ0v) is 12.5. The lowest BCUT2D eigenvalue weighted by atomic mass is 10.2. The van der Waals surface area contributed by atoms with Crippen molar-refractivity contribution in [2.75, 3.05) is 5.75 Å². The second kappa shape index (κ2) is 5.95. The molecule has 104 valence electrons. The van der Waals surface area contributed by atoms with Crippen LogP contribution in [0.2, 0.25) is 10.0 Å². The summed E-state index contributed by atoms with van der Waals surface area (Å²) in [6.07, 6.45) is 0. The van der Waals surface area contributed by atoms with Crippen molar-refractivity contribution in [2.45, 2.75) is 4.90 Å². The third-order valence-electron chi connectivity index (χ3n) is 2.65. The Morgan fingerprint density at radius 1 is 1.00 bits per heavy atom. The van der Waals surface area contributed by atoms with Crippen molar-refractivity contribution in [2.24, 2.45) is 0 Å². The standard InChI is InChI=1S/C14H10Cl2O3S/c15-11-6-7-12(16)14(8-11)20(18,19)9-13(17)10-4-2-1-3-5-10/h1-8H,9H2. The van der Waals surface area contributed by atoms with E-state index >= 15 is 0 Å². The summed E-state index contributed by atoms with van der Waals surface area (Å²) in [5.41, 5.74) is 0.342. The molecule has 0 heterocycles. The maximum absolute atomic E-state index is 12.2. The highest BCUT2D eigenvalue weighted by atomic mass is 35.5. The number of benzene rings is 2. The molecule has 0 unspecified atom stereocenters. The Balaban J connectivity index is 2.33.